The second kappa shape index (κ2) is 8.74. The Kier molecular flexibility index (Phi) is 6.41. The van der Waals surface area contributed by atoms with Gasteiger partial charge in [-0.25, -0.2) is 4.39 Å². The van der Waals surface area contributed by atoms with Crippen LogP contribution in [0, 0.1) is 5.82 Å². The Morgan fingerprint density at radius 2 is 1.76 bits per heavy atom. The zero-order valence-electron chi connectivity index (χ0n) is 13.3. The van der Waals surface area contributed by atoms with Crippen molar-refractivity contribution in [3.63, 3.8) is 0 Å². The van der Waals surface area contributed by atoms with Gasteiger partial charge in [-0.1, -0.05) is 24.3 Å². The van der Waals surface area contributed by atoms with Crippen molar-refractivity contribution < 1.29 is 18.7 Å². The number of carbonyl (C=O) groups is 2. The summed E-state index contributed by atoms with van der Waals surface area (Å²) in [6.07, 6.45) is 0.112. The van der Waals surface area contributed by atoms with Crippen LogP contribution in [0.5, 0.6) is 5.75 Å². The third-order valence-electron chi connectivity index (χ3n) is 3.18. The molecule has 0 heterocycles. The maximum Gasteiger partial charge on any atom is 0.260 e. The fourth-order valence-electron chi connectivity index (χ4n) is 1.95. The van der Waals surface area contributed by atoms with Gasteiger partial charge in [0.15, 0.2) is 5.11 Å². The summed E-state index contributed by atoms with van der Waals surface area (Å²) >= 11 is 4.89. The van der Waals surface area contributed by atoms with Crippen LogP contribution < -0.4 is 20.9 Å². The van der Waals surface area contributed by atoms with E-state index in [1.165, 1.54) is 24.3 Å². The van der Waals surface area contributed by atoms with E-state index in [0.29, 0.717) is 5.75 Å². The molecule has 130 valence electrons. The molecule has 0 aliphatic rings. The van der Waals surface area contributed by atoms with E-state index in [2.05, 4.69) is 16.2 Å². The minimum atomic E-state index is -0.708. The standard InChI is InChI=1S/C17H16FN3O3S/c1-24-12-8-6-11(7-9-12)10-15(22)20-21-17(25)19-16(23)13-4-2-3-5-14(13)18/h2-9H,10H2,1H3,(H,20,22)(H2,19,21,23,25). The number of nitrogens with one attached hydrogen (secondary N) is 3. The van der Waals surface area contributed by atoms with Crippen molar-refractivity contribution in [2.45, 2.75) is 6.42 Å². The highest BCUT2D eigenvalue weighted by atomic mass is 32.1. The molecule has 0 fully saturated rings. The van der Waals surface area contributed by atoms with Gasteiger partial charge in [-0.3, -0.25) is 25.8 Å². The van der Waals surface area contributed by atoms with Crippen LogP contribution in [0.25, 0.3) is 0 Å². The lowest BCUT2D eigenvalue weighted by atomic mass is 10.1. The van der Waals surface area contributed by atoms with Crippen molar-refractivity contribution in [1.82, 2.24) is 16.2 Å². The summed E-state index contributed by atoms with van der Waals surface area (Å²) in [6, 6.07) is 12.5. The number of hydrogen-bond acceptors (Lipinski definition) is 4. The number of thiocarbonyl (C=S) groups is 1. The molecule has 2 rings (SSSR count). The molecule has 2 amide bonds. The van der Waals surface area contributed by atoms with Gasteiger partial charge in [-0.05, 0) is 42.0 Å². The summed E-state index contributed by atoms with van der Waals surface area (Å²) in [5, 5.41) is 2.14. The average molecular weight is 361 g/mol. The summed E-state index contributed by atoms with van der Waals surface area (Å²) < 4.78 is 18.5. The zero-order chi connectivity index (χ0) is 18.2. The topological polar surface area (TPSA) is 79.5 Å². The molecule has 0 bridgehead atoms. The van der Waals surface area contributed by atoms with Gasteiger partial charge < -0.3 is 4.74 Å². The van der Waals surface area contributed by atoms with Crippen LogP contribution in [0.4, 0.5) is 4.39 Å². The SMILES string of the molecule is COc1ccc(CC(=O)NNC(=S)NC(=O)c2ccccc2F)cc1. The van der Waals surface area contributed by atoms with E-state index < -0.39 is 11.7 Å². The lowest BCUT2D eigenvalue weighted by molar-refractivity contribution is -0.121. The smallest absolute Gasteiger partial charge is 0.260 e. The van der Waals surface area contributed by atoms with E-state index in [0.717, 1.165) is 5.56 Å². The van der Waals surface area contributed by atoms with Gasteiger partial charge in [-0.15, -0.1) is 0 Å². The van der Waals surface area contributed by atoms with Gasteiger partial charge in [-0.2, -0.15) is 0 Å². The van der Waals surface area contributed by atoms with Gasteiger partial charge in [0.1, 0.15) is 11.6 Å². The Balaban J connectivity index is 1.80. The maximum atomic E-state index is 13.5. The second-order valence-corrected chi connectivity index (χ2v) is 5.37. The molecule has 0 spiro atoms. The van der Waals surface area contributed by atoms with Crippen molar-refractivity contribution in [3.8, 4) is 5.75 Å². The number of amides is 2. The monoisotopic (exact) mass is 361 g/mol. The van der Waals surface area contributed by atoms with Crippen molar-refractivity contribution in [2.75, 3.05) is 7.11 Å². The summed E-state index contributed by atoms with van der Waals surface area (Å²) in [7, 11) is 1.56. The first-order valence-electron chi connectivity index (χ1n) is 7.27. The first-order chi connectivity index (χ1) is 12.0. The van der Waals surface area contributed by atoms with Crippen LogP contribution >= 0.6 is 12.2 Å². The molecule has 0 aliphatic carbocycles. The molecular formula is C17H16FN3O3S. The lowest BCUT2D eigenvalue weighted by Gasteiger charge is -2.11. The number of halogens is 1. The maximum absolute atomic E-state index is 13.5. The molecule has 0 saturated carbocycles. The fraction of sp³-hybridized carbons (Fsp3) is 0.118. The van der Waals surface area contributed by atoms with Crippen LogP contribution in [0.2, 0.25) is 0 Å². The first kappa shape index (κ1) is 18.3. The summed E-state index contributed by atoms with van der Waals surface area (Å²) in [5.74, 6) is -1.03. The molecule has 0 unspecified atom stereocenters. The molecule has 0 atom stereocenters. The predicted octanol–water partition coefficient (Wildman–Crippen LogP) is 1.71. The Labute approximate surface area is 149 Å². The van der Waals surface area contributed by atoms with Crippen LogP contribution in [0.1, 0.15) is 15.9 Å². The van der Waals surface area contributed by atoms with E-state index >= 15 is 0 Å². The number of rotatable bonds is 4. The molecule has 3 N–H and O–H groups in total. The molecule has 25 heavy (non-hydrogen) atoms. The van der Waals surface area contributed by atoms with E-state index in [4.69, 9.17) is 17.0 Å². The summed E-state index contributed by atoms with van der Waals surface area (Å²) in [6.45, 7) is 0. The zero-order valence-corrected chi connectivity index (χ0v) is 14.2. The third-order valence-corrected chi connectivity index (χ3v) is 3.39. The van der Waals surface area contributed by atoms with Crippen LogP contribution in [0.15, 0.2) is 48.5 Å². The second-order valence-electron chi connectivity index (χ2n) is 4.96. The molecule has 0 aliphatic heterocycles. The van der Waals surface area contributed by atoms with Crippen LogP contribution in [-0.4, -0.2) is 24.0 Å². The van der Waals surface area contributed by atoms with Crippen LogP contribution in [-0.2, 0) is 11.2 Å². The summed E-state index contributed by atoms with van der Waals surface area (Å²) in [5.41, 5.74) is 5.40. The fourth-order valence-corrected chi connectivity index (χ4v) is 2.09. The number of ether oxygens (including phenoxy) is 1. The third kappa shape index (κ3) is 5.54. The van der Waals surface area contributed by atoms with Gasteiger partial charge in [0.05, 0.1) is 19.1 Å². The molecule has 0 saturated heterocycles. The Hall–Kier alpha value is -3.00. The Morgan fingerprint density at radius 1 is 1.08 bits per heavy atom. The van der Waals surface area contributed by atoms with Crippen LogP contribution in [0.3, 0.4) is 0 Å². The van der Waals surface area contributed by atoms with Gasteiger partial charge in [0.25, 0.3) is 5.91 Å². The Morgan fingerprint density at radius 3 is 2.40 bits per heavy atom. The van der Waals surface area contributed by atoms with Crippen molar-refractivity contribution in [3.05, 3.63) is 65.5 Å². The van der Waals surface area contributed by atoms with Gasteiger partial charge >= 0.3 is 0 Å². The molecule has 6 nitrogen and oxygen atoms in total. The minimum Gasteiger partial charge on any atom is -0.497 e. The van der Waals surface area contributed by atoms with E-state index in [-0.39, 0.29) is 23.0 Å². The molecule has 8 heteroatoms. The normalized spacial score (nSPS) is 9.84. The quantitative estimate of drug-likeness (QED) is 0.571. The van der Waals surface area contributed by atoms with Crippen molar-refractivity contribution >= 4 is 29.1 Å². The van der Waals surface area contributed by atoms with Crippen molar-refractivity contribution in [1.29, 1.82) is 0 Å². The largest absolute Gasteiger partial charge is 0.497 e. The molecular weight excluding hydrogens is 345 g/mol. The summed E-state index contributed by atoms with van der Waals surface area (Å²) in [4.78, 5) is 23.7. The van der Waals surface area contributed by atoms with Gasteiger partial charge in [0.2, 0.25) is 5.91 Å². The molecule has 0 radical (unpaired) electrons. The van der Waals surface area contributed by atoms with Crippen molar-refractivity contribution in [2.24, 2.45) is 0 Å². The number of hydrogen-bond donors (Lipinski definition) is 3. The lowest BCUT2D eigenvalue weighted by Crippen LogP contribution is -2.49. The number of hydrazine groups is 1. The predicted molar refractivity (Wildman–Crippen MR) is 94.4 cm³/mol. The highest BCUT2D eigenvalue weighted by Gasteiger charge is 2.12. The van der Waals surface area contributed by atoms with Gasteiger partial charge in [0, 0.05) is 0 Å². The number of methoxy groups -OCH3 is 1. The molecule has 0 aromatic heterocycles. The Bertz CT molecular complexity index is 781. The van der Waals surface area contributed by atoms with E-state index in [1.807, 2.05) is 0 Å². The molecule has 2 aromatic rings. The first-order valence-corrected chi connectivity index (χ1v) is 7.68. The number of carbonyl (C=O) groups excluding carboxylic acids is 2. The van der Waals surface area contributed by atoms with E-state index in [9.17, 15) is 14.0 Å². The van der Waals surface area contributed by atoms with E-state index in [1.54, 1.807) is 31.4 Å². The average Bonchev–Trinajstić information content (AvgIpc) is 2.61. The highest BCUT2D eigenvalue weighted by molar-refractivity contribution is 7.80. The highest BCUT2D eigenvalue weighted by Crippen LogP contribution is 2.11. The minimum absolute atomic E-state index is 0.112. The molecule has 2 aromatic carbocycles. The number of benzene rings is 2.